The number of carbonyl (C=O) groups excluding carboxylic acids is 1. The van der Waals surface area contributed by atoms with Crippen LogP contribution in [-0.4, -0.2) is 29.0 Å². The second kappa shape index (κ2) is 7.43. The van der Waals surface area contributed by atoms with Crippen LogP contribution in [0.2, 0.25) is 0 Å². The Morgan fingerprint density at radius 1 is 1.14 bits per heavy atom. The van der Waals surface area contributed by atoms with Gasteiger partial charge in [-0.2, -0.15) is 9.89 Å². The van der Waals surface area contributed by atoms with E-state index in [2.05, 4.69) is 45.9 Å². The van der Waals surface area contributed by atoms with Gasteiger partial charge in [-0.05, 0) is 54.9 Å². The molecular weight excluding hydrogens is 362 g/mol. The summed E-state index contributed by atoms with van der Waals surface area (Å²) in [4.78, 5) is 16.7. The molecule has 0 spiro atoms. The monoisotopic (exact) mass is 389 g/mol. The molecule has 1 fully saturated rings. The maximum atomic E-state index is 12.7. The number of carbonyl (C=O) groups is 1. The van der Waals surface area contributed by atoms with Crippen molar-refractivity contribution in [3.63, 3.8) is 0 Å². The molecule has 1 saturated heterocycles. The molecule has 0 bridgehead atoms. The molecular formula is C23H27N5O. The molecule has 5 rings (SSSR count). The Morgan fingerprint density at radius 3 is 2.93 bits per heavy atom. The van der Waals surface area contributed by atoms with Crippen LogP contribution in [0.1, 0.15) is 43.4 Å². The molecule has 2 N–H and O–H groups in total. The van der Waals surface area contributed by atoms with Crippen molar-refractivity contribution in [2.45, 2.75) is 38.6 Å². The maximum absolute atomic E-state index is 12.7. The minimum atomic E-state index is -0.228. The zero-order chi connectivity index (χ0) is 19.8. The molecule has 2 heterocycles. The molecule has 1 aliphatic carbocycles. The Kier molecular flexibility index (Phi) is 4.62. The number of hydrogen-bond acceptors (Lipinski definition) is 3. The fourth-order valence-corrected chi connectivity index (χ4v) is 4.84. The zero-order valence-electron chi connectivity index (χ0n) is 16.8. The summed E-state index contributed by atoms with van der Waals surface area (Å²) in [6.45, 7) is 4.59. The van der Waals surface area contributed by atoms with Crippen molar-refractivity contribution in [3.05, 3.63) is 59.8 Å². The smallest absolute Gasteiger partial charge is 0.335 e. The van der Waals surface area contributed by atoms with Gasteiger partial charge in [0.2, 0.25) is 0 Å². The van der Waals surface area contributed by atoms with E-state index in [0.29, 0.717) is 0 Å². The molecule has 6 heteroatoms. The van der Waals surface area contributed by atoms with Crippen LogP contribution in [-0.2, 0) is 6.42 Å². The van der Waals surface area contributed by atoms with Crippen molar-refractivity contribution in [1.82, 2.24) is 15.2 Å². The van der Waals surface area contributed by atoms with Crippen molar-refractivity contribution in [2.24, 2.45) is 5.92 Å². The second-order valence-corrected chi connectivity index (χ2v) is 8.33. The first-order chi connectivity index (χ1) is 14.2. The van der Waals surface area contributed by atoms with E-state index in [0.717, 1.165) is 42.8 Å². The molecule has 2 unspecified atom stereocenters. The summed E-state index contributed by atoms with van der Waals surface area (Å²) in [6, 6.07) is 14.2. The van der Waals surface area contributed by atoms with E-state index in [1.54, 1.807) is 6.20 Å². The topological polar surface area (TPSA) is 62.2 Å². The van der Waals surface area contributed by atoms with E-state index >= 15 is 0 Å². The Bertz CT molecular complexity index is 1040. The maximum Gasteiger partial charge on any atom is 0.335 e. The number of hydrogen-bond donors (Lipinski definition) is 2. The lowest BCUT2D eigenvalue weighted by molar-refractivity contribution is 0.245. The van der Waals surface area contributed by atoms with Gasteiger partial charge in [0.25, 0.3) is 0 Å². The highest BCUT2D eigenvalue weighted by molar-refractivity contribution is 5.86. The summed E-state index contributed by atoms with van der Waals surface area (Å²) < 4.78 is 0. The largest absolute Gasteiger partial charge is 0.371 e. The number of urea groups is 1. The molecule has 29 heavy (non-hydrogen) atoms. The first-order valence-electron chi connectivity index (χ1n) is 10.6. The van der Waals surface area contributed by atoms with Gasteiger partial charge in [-0.1, -0.05) is 37.3 Å². The predicted octanol–water partition coefficient (Wildman–Crippen LogP) is 4.21. The SMILES string of the molecule is CC1CCCN(c2cccc3c2CCC3NC(=O)Nn2ncc3ccccc32)C1. The van der Waals surface area contributed by atoms with E-state index in [-0.39, 0.29) is 12.1 Å². The van der Waals surface area contributed by atoms with Crippen molar-refractivity contribution >= 4 is 22.6 Å². The summed E-state index contributed by atoms with van der Waals surface area (Å²) in [5.41, 5.74) is 7.75. The van der Waals surface area contributed by atoms with Gasteiger partial charge >= 0.3 is 6.03 Å². The van der Waals surface area contributed by atoms with Crippen LogP contribution < -0.4 is 15.6 Å². The highest BCUT2D eigenvalue weighted by Gasteiger charge is 2.28. The molecule has 150 valence electrons. The standard InChI is InChI=1S/C23H27N5O/c1-16-6-5-13-27(15-16)22-10-4-8-18-19(22)11-12-20(18)25-23(29)26-28-21-9-3-2-7-17(21)14-24-28/h2-4,7-10,14,16,20H,5-6,11-13,15H2,1H3,(H2,25,26,29). The lowest BCUT2D eigenvalue weighted by atomic mass is 9.98. The molecule has 2 aromatic carbocycles. The molecule has 6 nitrogen and oxygen atoms in total. The van der Waals surface area contributed by atoms with Crippen molar-refractivity contribution in [2.75, 3.05) is 23.4 Å². The fourth-order valence-electron chi connectivity index (χ4n) is 4.84. The zero-order valence-corrected chi connectivity index (χ0v) is 16.8. The van der Waals surface area contributed by atoms with Crippen LogP contribution in [0.4, 0.5) is 10.5 Å². The third kappa shape index (κ3) is 3.43. The van der Waals surface area contributed by atoms with Crippen LogP contribution in [0.3, 0.4) is 0 Å². The van der Waals surface area contributed by atoms with Gasteiger partial charge in [0, 0.05) is 24.2 Å². The average Bonchev–Trinajstić information content (AvgIpc) is 3.32. The van der Waals surface area contributed by atoms with Crippen LogP contribution in [0.25, 0.3) is 10.9 Å². The van der Waals surface area contributed by atoms with Gasteiger partial charge in [0.05, 0.1) is 17.8 Å². The minimum Gasteiger partial charge on any atom is -0.371 e. The minimum absolute atomic E-state index is 0.0361. The van der Waals surface area contributed by atoms with Crippen LogP contribution in [0, 0.1) is 5.92 Å². The highest BCUT2D eigenvalue weighted by Crippen LogP contribution is 2.38. The number of nitrogens with one attached hydrogen (secondary N) is 2. The summed E-state index contributed by atoms with van der Waals surface area (Å²) in [5.74, 6) is 0.740. The summed E-state index contributed by atoms with van der Waals surface area (Å²) >= 11 is 0. The number of nitrogens with zero attached hydrogens (tertiary/aromatic N) is 3. The Hall–Kier alpha value is -3.02. The molecule has 1 aliphatic heterocycles. The Balaban J connectivity index is 1.32. The molecule has 3 aromatic rings. The van der Waals surface area contributed by atoms with Gasteiger partial charge in [0.15, 0.2) is 0 Å². The molecule has 2 atom stereocenters. The third-order valence-corrected chi connectivity index (χ3v) is 6.23. The number of aromatic nitrogens is 2. The van der Waals surface area contributed by atoms with Crippen molar-refractivity contribution < 1.29 is 4.79 Å². The summed E-state index contributed by atoms with van der Waals surface area (Å²) in [7, 11) is 0. The fraction of sp³-hybridized carbons (Fsp3) is 0.391. The van der Waals surface area contributed by atoms with E-state index in [4.69, 9.17) is 0 Å². The molecule has 2 amide bonds. The average molecular weight is 390 g/mol. The number of anilines is 1. The van der Waals surface area contributed by atoms with Gasteiger partial charge in [-0.3, -0.25) is 0 Å². The number of piperidine rings is 1. The van der Waals surface area contributed by atoms with Crippen molar-refractivity contribution in [3.8, 4) is 0 Å². The number of amides is 2. The van der Waals surface area contributed by atoms with E-state index in [1.165, 1.54) is 34.4 Å². The van der Waals surface area contributed by atoms with Crippen molar-refractivity contribution in [1.29, 1.82) is 0 Å². The predicted molar refractivity (Wildman–Crippen MR) is 116 cm³/mol. The third-order valence-electron chi connectivity index (χ3n) is 6.23. The first kappa shape index (κ1) is 18.0. The highest BCUT2D eigenvalue weighted by atomic mass is 16.2. The van der Waals surface area contributed by atoms with Crippen LogP contribution in [0.5, 0.6) is 0 Å². The number of fused-ring (bicyclic) bond motifs is 2. The molecule has 0 radical (unpaired) electrons. The Labute approximate surface area is 170 Å². The number of rotatable bonds is 3. The summed E-state index contributed by atoms with van der Waals surface area (Å²) in [5, 5.41) is 8.42. The van der Waals surface area contributed by atoms with Crippen LogP contribution >= 0.6 is 0 Å². The molecule has 2 aliphatic rings. The lowest BCUT2D eigenvalue weighted by Gasteiger charge is -2.34. The normalized spacial score (nSPS) is 21.2. The van der Waals surface area contributed by atoms with Crippen LogP contribution in [0.15, 0.2) is 48.7 Å². The van der Waals surface area contributed by atoms with Gasteiger partial charge in [0.1, 0.15) is 0 Å². The van der Waals surface area contributed by atoms with Gasteiger partial charge in [-0.25, -0.2) is 10.2 Å². The Morgan fingerprint density at radius 2 is 2.03 bits per heavy atom. The second-order valence-electron chi connectivity index (χ2n) is 8.33. The van der Waals surface area contributed by atoms with E-state index in [1.807, 2.05) is 24.3 Å². The molecule has 0 saturated carbocycles. The number of para-hydroxylation sites is 1. The first-order valence-corrected chi connectivity index (χ1v) is 10.6. The van der Waals surface area contributed by atoms with Gasteiger partial charge < -0.3 is 10.2 Å². The van der Waals surface area contributed by atoms with Gasteiger partial charge in [-0.15, -0.1) is 0 Å². The lowest BCUT2D eigenvalue weighted by Crippen LogP contribution is -2.36. The molecule has 1 aromatic heterocycles. The van der Waals surface area contributed by atoms with E-state index < -0.39 is 0 Å². The number of benzene rings is 2. The van der Waals surface area contributed by atoms with E-state index in [9.17, 15) is 4.79 Å². The quantitative estimate of drug-likeness (QED) is 0.705. The summed E-state index contributed by atoms with van der Waals surface area (Å²) in [6.07, 6.45) is 6.27.